The van der Waals surface area contributed by atoms with Crippen molar-refractivity contribution in [3.63, 3.8) is 0 Å². The second-order valence-electron chi connectivity index (χ2n) is 8.11. The molecule has 2 heterocycles. The summed E-state index contributed by atoms with van der Waals surface area (Å²) in [5.74, 6) is 1.23. The number of hydrogen-bond donors (Lipinski definition) is 2. The van der Waals surface area contributed by atoms with Crippen molar-refractivity contribution in [3.05, 3.63) is 54.5 Å². The highest BCUT2D eigenvalue weighted by Gasteiger charge is 2.18. The number of ether oxygens (including phenoxy) is 1. The molecule has 2 aliphatic rings. The molecule has 0 amide bonds. The Kier molecular flexibility index (Phi) is 5.76. The van der Waals surface area contributed by atoms with Gasteiger partial charge in [-0.25, -0.2) is 9.37 Å². The summed E-state index contributed by atoms with van der Waals surface area (Å²) in [4.78, 5) is 6.36. The average molecular weight is 423 g/mol. The molecule has 6 nitrogen and oxygen atoms in total. The first kappa shape index (κ1) is 19.9. The van der Waals surface area contributed by atoms with E-state index >= 15 is 0 Å². The highest BCUT2D eigenvalue weighted by atomic mass is 19.1. The predicted molar refractivity (Wildman–Crippen MR) is 120 cm³/mol. The molecule has 2 fully saturated rings. The Morgan fingerprint density at radius 2 is 1.94 bits per heavy atom. The molecule has 0 bridgehead atoms. The molecule has 1 aliphatic heterocycles. The number of hydrogen-bond acceptors (Lipinski definition) is 6. The number of anilines is 3. The van der Waals surface area contributed by atoms with E-state index in [1.807, 2.05) is 30.3 Å². The van der Waals surface area contributed by atoms with Gasteiger partial charge in [0.2, 0.25) is 0 Å². The third kappa shape index (κ3) is 4.66. The molecule has 0 unspecified atom stereocenters. The maximum Gasteiger partial charge on any atom is 0.299 e. The summed E-state index contributed by atoms with van der Waals surface area (Å²) in [5, 5.41) is 6.34. The number of aromatic nitrogens is 1. The number of rotatable bonds is 6. The van der Waals surface area contributed by atoms with Crippen molar-refractivity contribution in [2.24, 2.45) is 0 Å². The topological polar surface area (TPSA) is 62.6 Å². The highest BCUT2D eigenvalue weighted by Crippen LogP contribution is 2.30. The minimum absolute atomic E-state index is 0.254. The van der Waals surface area contributed by atoms with Gasteiger partial charge in [0.05, 0.1) is 18.0 Å². The molecule has 2 aromatic carbocycles. The van der Waals surface area contributed by atoms with E-state index in [9.17, 15) is 4.39 Å². The van der Waals surface area contributed by atoms with Crippen molar-refractivity contribution in [2.45, 2.75) is 31.8 Å². The van der Waals surface area contributed by atoms with E-state index in [-0.39, 0.29) is 5.82 Å². The van der Waals surface area contributed by atoms with E-state index in [0.29, 0.717) is 29.3 Å². The largest absolute Gasteiger partial charge is 0.490 e. The molecule has 1 aliphatic carbocycles. The number of nitrogens with one attached hydrogen (secondary N) is 2. The Bertz CT molecular complexity index is 1030. The number of benzene rings is 2. The van der Waals surface area contributed by atoms with Crippen LogP contribution in [0.25, 0.3) is 11.3 Å². The number of halogens is 1. The summed E-state index contributed by atoms with van der Waals surface area (Å²) >= 11 is 0. The molecule has 162 valence electrons. The summed E-state index contributed by atoms with van der Waals surface area (Å²) in [6, 6.07) is 13.3. The minimum Gasteiger partial charge on any atom is -0.490 e. The molecule has 2 N–H and O–H groups in total. The van der Waals surface area contributed by atoms with Crippen molar-refractivity contribution < 1.29 is 13.5 Å². The zero-order valence-electron chi connectivity index (χ0n) is 17.4. The van der Waals surface area contributed by atoms with Crippen LogP contribution < -0.4 is 20.3 Å². The summed E-state index contributed by atoms with van der Waals surface area (Å²) < 4.78 is 26.6. The molecule has 1 saturated heterocycles. The summed E-state index contributed by atoms with van der Waals surface area (Å²) in [6.07, 6.45) is 6.68. The van der Waals surface area contributed by atoms with Crippen LogP contribution in [-0.4, -0.2) is 37.3 Å². The quantitative estimate of drug-likeness (QED) is 0.586. The van der Waals surface area contributed by atoms with Gasteiger partial charge in [-0.2, -0.15) is 0 Å². The van der Waals surface area contributed by atoms with Crippen molar-refractivity contribution >= 4 is 17.4 Å². The van der Waals surface area contributed by atoms with Gasteiger partial charge < -0.3 is 24.7 Å². The lowest BCUT2D eigenvalue weighted by Gasteiger charge is -2.29. The maximum absolute atomic E-state index is 14.7. The van der Waals surface area contributed by atoms with E-state index in [1.165, 1.54) is 18.9 Å². The molecule has 0 atom stereocenters. The Hall–Kier alpha value is -3.06. The summed E-state index contributed by atoms with van der Waals surface area (Å²) in [7, 11) is 0. The third-order valence-electron chi connectivity index (χ3n) is 5.89. The SMILES string of the molecule is Fc1cc(Nc2ncc(-c3cccc(OC4CCCC4)c3)o2)ccc1N1CCNCC1. The summed E-state index contributed by atoms with van der Waals surface area (Å²) in [6.45, 7) is 3.34. The Balaban J connectivity index is 1.27. The van der Waals surface area contributed by atoms with Gasteiger partial charge in [0.15, 0.2) is 5.76 Å². The first-order valence-corrected chi connectivity index (χ1v) is 11.0. The van der Waals surface area contributed by atoms with E-state index < -0.39 is 0 Å². The van der Waals surface area contributed by atoms with Gasteiger partial charge in [-0.05, 0) is 56.0 Å². The van der Waals surface area contributed by atoms with Crippen LogP contribution in [0, 0.1) is 5.82 Å². The van der Waals surface area contributed by atoms with Crippen LogP contribution in [0.3, 0.4) is 0 Å². The van der Waals surface area contributed by atoms with Crippen molar-refractivity contribution in [3.8, 4) is 17.1 Å². The third-order valence-corrected chi connectivity index (χ3v) is 5.89. The van der Waals surface area contributed by atoms with Gasteiger partial charge in [0.1, 0.15) is 11.6 Å². The van der Waals surface area contributed by atoms with Gasteiger partial charge in [0.25, 0.3) is 6.01 Å². The Morgan fingerprint density at radius 3 is 2.74 bits per heavy atom. The van der Waals surface area contributed by atoms with E-state index in [4.69, 9.17) is 9.15 Å². The van der Waals surface area contributed by atoms with E-state index in [1.54, 1.807) is 12.3 Å². The number of piperazine rings is 1. The first-order chi connectivity index (χ1) is 15.2. The van der Waals surface area contributed by atoms with E-state index in [2.05, 4.69) is 20.5 Å². The van der Waals surface area contributed by atoms with E-state index in [0.717, 1.165) is 50.3 Å². The Labute approximate surface area is 181 Å². The molecular formula is C24H27FN4O2. The van der Waals surface area contributed by atoms with Gasteiger partial charge in [0, 0.05) is 37.4 Å². The lowest BCUT2D eigenvalue weighted by molar-refractivity contribution is 0.210. The lowest BCUT2D eigenvalue weighted by atomic mass is 10.2. The minimum atomic E-state index is -0.254. The lowest BCUT2D eigenvalue weighted by Crippen LogP contribution is -2.43. The summed E-state index contributed by atoms with van der Waals surface area (Å²) in [5.41, 5.74) is 2.12. The van der Waals surface area contributed by atoms with Crippen molar-refractivity contribution in [2.75, 3.05) is 36.4 Å². The molecule has 5 rings (SSSR count). The average Bonchev–Trinajstić information content (AvgIpc) is 3.47. The van der Waals surface area contributed by atoms with Gasteiger partial charge >= 0.3 is 0 Å². The van der Waals surface area contributed by atoms with Crippen LogP contribution in [-0.2, 0) is 0 Å². The molecule has 1 aromatic heterocycles. The fraction of sp³-hybridized carbons (Fsp3) is 0.375. The maximum atomic E-state index is 14.7. The fourth-order valence-electron chi connectivity index (χ4n) is 4.26. The van der Waals surface area contributed by atoms with Crippen LogP contribution in [0.2, 0.25) is 0 Å². The zero-order valence-corrected chi connectivity index (χ0v) is 17.4. The van der Waals surface area contributed by atoms with Gasteiger partial charge in [-0.3, -0.25) is 0 Å². The first-order valence-electron chi connectivity index (χ1n) is 11.0. The predicted octanol–water partition coefficient (Wildman–Crippen LogP) is 4.96. The van der Waals surface area contributed by atoms with Crippen molar-refractivity contribution in [1.82, 2.24) is 10.3 Å². The highest BCUT2D eigenvalue weighted by molar-refractivity contribution is 5.63. The smallest absolute Gasteiger partial charge is 0.299 e. The van der Waals surface area contributed by atoms with Crippen molar-refractivity contribution in [1.29, 1.82) is 0 Å². The molecule has 7 heteroatoms. The number of oxazole rings is 1. The molecule has 31 heavy (non-hydrogen) atoms. The van der Waals surface area contributed by atoms with Crippen LogP contribution in [0.5, 0.6) is 5.75 Å². The monoisotopic (exact) mass is 422 g/mol. The van der Waals surface area contributed by atoms with Crippen LogP contribution in [0.4, 0.5) is 21.8 Å². The van der Waals surface area contributed by atoms with Crippen LogP contribution >= 0.6 is 0 Å². The molecule has 0 spiro atoms. The fourth-order valence-corrected chi connectivity index (χ4v) is 4.26. The normalized spacial score (nSPS) is 17.1. The second-order valence-corrected chi connectivity index (χ2v) is 8.11. The standard InChI is InChI=1S/C24H27FN4O2/c25-21-15-18(8-9-22(21)29-12-10-26-11-13-29)28-24-27-16-23(31-24)17-4-3-7-20(14-17)30-19-5-1-2-6-19/h3-4,7-9,14-16,19,26H,1-2,5-6,10-13H2,(H,27,28). The Morgan fingerprint density at radius 1 is 1.10 bits per heavy atom. The molecule has 3 aromatic rings. The van der Waals surface area contributed by atoms with Crippen LogP contribution in [0.15, 0.2) is 53.1 Å². The molecule has 1 saturated carbocycles. The second kappa shape index (κ2) is 8.98. The van der Waals surface area contributed by atoms with Crippen LogP contribution in [0.1, 0.15) is 25.7 Å². The molecule has 0 radical (unpaired) electrons. The zero-order chi connectivity index (χ0) is 21.0. The number of nitrogens with zero attached hydrogens (tertiary/aromatic N) is 2. The van der Waals surface area contributed by atoms with Gasteiger partial charge in [-0.15, -0.1) is 0 Å². The van der Waals surface area contributed by atoms with Gasteiger partial charge in [-0.1, -0.05) is 12.1 Å². The molecular weight excluding hydrogens is 395 g/mol.